The second-order valence-corrected chi connectivity index (χ2v) is 14.4. The summed E-state index contributed by atoms with van der Waals surface area (Å²) >= 11 is 0. The summed E-state index contributed by atoms with van der Waals surface area (Å²) in [6.07, 6.45) is 5.17. The number of nitrogens with zero attached hydrogens (tertiary/aromatic N) is 2. The van der Waals surface area contributed by atoms with E-state index in [0.717, 1.165) is 54.9 Å². The molecule has 0 saturated carbocycles. The minimum absolute atomic E-state index is 0. The second-order valence-electron chi connectivity index (χ2n) is 14.4. The number of carbonyl (C=O) groups excluding carboxylic acids is 2. The first-order valence-corrected chi connectivity index (χ1v) is 20.7. The van der Waals surface area contributed by atoms with E-state index < -0.39 is 0 Å². The Morgan fingerprint density at radius 1 is 0.547 bits per heavy atom. The molecule has 0 saturated heterocycles. The zero-order valence-corrected chi connectivity index (χ0v) is 38.0. The summed E-state index contributed by atoms with van der Waals surface area (Å²) in [4.78, 5) is 16.2. The van der Waals surface area contributed by atoms with E-state index in [-0.39, 0.29) is 28.4 Å². The monoisotopic (exact) mass is 865 g/mol. The predicted molar refractivity (Wildman–Crippen MR) is 270 cm³/mol. The van der Waals surface area contributed by atoms with Gasteiger partial charge in [0.15, 0.2) is 0 Å². The summed E-state index contributed by atoms with van der Waals surface area (Å²) in [6.45, 7) is 19.8. The van der Waals surface area contributed by atoms with Gasteiger partial charge in [-0.1, -0.05) is 169 Å². The molecule has 7 rings (SSSR count). The first-order valence-electron chi connectivity index (χ1n) is 20.7. The Hall–Kier alpha value is -6.72. The minimum atomic E-state index is 0. The third kappa shape index (κ3) is 25.9. The summed E-state index contributed by atoms with van der Waals surface area (Å²) in [5.74, 6) is 2.08. The van der Waals surface area contributed by atoms with Crippen molar-refractivity contribution in [1.29, 1.82) is 10.5 Å². The highest BCUT2D eigenvalue weighted by molar-refractivity contribution is 5.40. The summed E-state index contributed by atoms with van der Waals surface area (Å²) in [5.41, 5.74) is 15.0. The van der Waals surface area contributed by atoms with Crippen molar-refractivity contribution in [2.75, 3.05) is 13.7 Å². The van der Waals surface area contributed by atoms with Crippen LogP contribution in [0.3, 0.4) is 0 Å². The molecule has 0 spiro atoms. The lowest BCUT2D eigenvalue weighted by atomic mass is 10.1. The van der Waals surface area contributed by atoms with E-state index in [9.17, 15) is 0 Å². The van der Waals surface area contributed by atoms with Crippen LogP contribution in [0.5, 0.6) is 11.5 Å². The maximum atomic E-state index is 8.38. The number of fused-ring (bicyclic) bond motifs is 1. The second kappa shape index (κ2) is 36.9. The van der Waals surface area contributed by atoms with E-state index in [1.54, 1.807) is 7.11 Å². The highest BCUT2D eigenvalue weighted by Crippen LogP contribution is 2.26. The Bertz CT molecular complexity index is 2210. The summed E-state index contributed by atoms with van der Waals surface area (Å²) < 4.78 is 10.6. The van der Waals surface area contributed by atoms with Crippen LogP contribution in [0.2, 0.25) is 0 Å². The lowest BCUT2D eigenvalue weighted by Crippen LogP contribution is -1.88. The molecule has 342 valence electrons. The fourth-order valence-corrected chi connectivity index (χ4v) is 5.46. The molecule has 6 aromatic rings. The molecule has 6 nitrogen and oxygen atoms in total. The Labute approximate surface area is 388 Å². The van der Waals surface area contributed by atoms with Crippen molar-refractivity contribution in [1.82, 2.24) is 0 Å². The molecule has 0 atom stereocenters. The molecule has 64 heavy (non-hydrogen) atoms. The quantitative estimate of drug-likeness (QED) is 0.171. The van der Waals surface area contributed by atoms with E-state index in [0.29, 0.717) is 6.42 Å². The number of methoxy groups -OCH3 is 1. The van der Waals surface area contributed by atoms with Crippen molar-refractivity contribution in [2.45, 2.75) is 117 Å². The molecule has 1 heterocycles. The van der Waals surface area contributed by atoms with E-state index in [2.05, 4.69) is 146 Å². The Kier molecular flexibility index (Phi) is 35.5. The third-order valence-corrected chi connectivity index (χ3v) is 9.58. The zero-order chi connectivity index (χ0) is 45.4. The molecule has 0 aromatic heterocycles. The van der Waals surface area contributed by atoms with E-state index in [1.807, 2.05) is 62.4 Å². The molecule has 6 aromatic carbocycles. The van der Waals surface area contributed by atoms with Crippen LogP contribution in [-0.2, 0) is 41.7 Å². The molecule has 0 radical (unpaired) electrons. The van der Waals surface area contributed by atoms with Gasteiger partial charge >= 0.3 is 6.15 Å². The van der Waals surface area contributed by atoms with Crippen molar-refractivity contribution in [2.24, 2.45) is 0 Å². The lowest BCUT2D eigenvalue weighted by Gasteiger charge is -2.05. The Morgan fingerprint density at radius 3 is 1.39 bits per heavy atom. The average Bonchev–Trinajstić information content (AvgIpc) is 3.76. The number of hydrogen-bond donors (Lipinski definition) is 0. The minimum Gasteiger partial charge on any atom is -0.496 e. The van der Waals surface area contributed by atoms with Crippen LogP contribution in [-0.4, -0.2) is 19.9 Å². The lowest BCUT2D eigenvalue weighted by molar-refractivity contribution is -0.191. The number of aryl methyl sites for hydroxylation is 9. The van der Waals surface area contributed by atoms with Crippen molar-refractivity contribution in [3.63, 3.8) is 0 Å². The normalized spacial score (nSPS) is 9.31. The molecular weight excluding hydrogens is 789 g/mol. The molecule has 0 aliphatic carbocycles. The van der Waals surface area contributed by atoms with Crippen LogP contribution in [0.15, 0.2) is 133 Å². The van der Waals surface area contributed by atoms with Crippen molar-refractivity contribution >= 4 is 6.15 Å². The molecule has 0 bridgehead atoms. The van der Waals surface area contributed by atoms with Crippen LogP contribution < -0.4 is 9.47 Å². The van der Waals surface area contributed by atoms with Gasteiger partial charge < -0.3 is 9.47 Å². The fraction of sp³-hybridized carbons (Fsp3) is 0.328. The summed E-state index contributed by atoms with van der Waals surface area (Å²) in [5, 5.41) is 16.7. The predicted octanol–water partition coefficient (Wildman–Crippen LogP) is 14.9. The maximum Gasteiger partial charge on any atom is 0.373 e. The van der Waals surface area contributed by atoms with Gasteiger partial charge in [0.05, 0.1) is 37.8 Å². The zero-order valence-electron chi connectivity index (χ0n) is 38.0. The van der Waals surface area contributed by atoms with Crippen molar-refractivity contribution in [3.8, 4) is 23.6 Å². The first kappa shape index (κ1) is 61.6. The third-order valence-electron chi connectivity index (χ3n) is 9.58. The largest absolute Gasteiger partial charge is 0.496 e. The molecule has 0 unspecified atom stereocenters. The molecular formula is C58H76N2O4. The smallest absolute Gasteiger partial charge is 0.373 e. The van der Waals surface area contributed by atoms with Crippen LogP contribution in [0.1, 0.15) is 110 Å². The molecule has 0 N–H and O–H groups in total. The van der Waals surface area contributed by atoms with Gasteiger partial charge in [0.2, 0.25) is 0 Å². The summed E-state index contributed by atoms with van der Waals surface area (Å²) in [6, 6.07) is 49.5. The highest BCUT2D eigenvalue weighted by atomic mass is 16.5. The highest BCUT2D eigenvalue weighted by Gasteiger charge is 2.10. The van der Waals surface area contributed by atoms with Gasteiger partial charge in [0.1, 0.15) is 11.5 Å². The van der Waals surface area contributed by atoms with E-state index in [1.165, 1.54) is 55.6 Å². The SMILES string of the molecule is C.C.C.CCc1ccc(C)c(OC)c1.CCc1ccc(C)cc1.CCc1ccc2c(c1)CCO2.Cc1ccc(C#N)cc1.Cc1ccc(CC#N)cc1.Cc1ccccc1C.O=C=O. The van der Waals surface area contributed by atoms with Gasteiger partial charge in [-0.15, -0.1) is 0 Å². The number of nitriles is 2. The molecule has 1 aliphatic rings. The maximum absolute atomic E-state index is 8.38. The molecule has 0 amide bonds. The van der Waals surface area contributed by atoms with E-state index in [4.69, 9.17) is 29.6 Å². The number of ether oxygens (including phenoxy) is 2. The van der Waals surface area contributed by atoms with Crippen LogP contribution in [0.25, 0.3) is 0 Å². The van der Waals surface area contributed by atoms with Gasteiger partial charge in [-0.25, -0.2) is 0 Å². The van der Waals surface area contributed by atoms with E-state index >= 15 is 0 Å². The van der Waals surface area contributed by atoms with Crippen LogP contribution in [0.4, 0.5) is 0 Å². The van der Waals surface area contributed by atoms with Crippen molar-refractivity contribution < 1.29 is 19.1 Å². The Balaban J connectivity index is -0.000000684. The number of rotatable bonds is 5. The van der Waals surface area contributed by atoms with Crippen molar-refractivity contribution in [3.05, 3.63) is 200 Å². The van der Waals surface area contributed by atoms with Gasteiger partial charge in [0, 0.05) is 6.42 Å². The van der Waals surface area contributed by atoms with Gasteiger partial charge in [-0.2, -0.15) is 20.1 Å². The van der Waals surface area contributed by atoms with Gasteiger partial charge in [-0.05, 0) is 130 Å². The Morgan fingerprint density at radius 2 is 0.969 bits per heavy atom. The molecule has 0 fully saturated rings. The average molecular weight is 865 g/mol. The molecule has 6 heteroatoms. The fourth-order valence-electron chi connectivity index (χ4n) is 5.46. The van der Waals surface area contributed by atoms with Gasteiger partial charge in [-0.3, -0.25) is 0 Å². The standard InChI is InChI=1S/C10H12O.C10H14O.C9H9N.C9H12.C8H7N.C8H10.CO2.3CH4/c1-2-8-3-4-10-9(7-8)5-6-11-10;1-4-9-6-5-8(2)10(7-9)11-3;1-8-2-4-9(5-3-8)6-7-10;1-3-9-6-4-8(2)5-7-9;1-7-2-4-8(6-9)5-3-7;1-7-5-3-4-6-8(7)2;2-1-3;;;/h3-4,7H,2,5-6H2,1H3;5-7H,4H2,1-3H3;2-5H,6H2,1H3;4-7H,3H2,1-2H3;2-5H,1H3;3-6H,1-2H3;;3*1H4. The van der Waals surface area contributed by atoms with Gasteiger partial charge in [0.25, 0.3) is 0 Å². The summed E-state index contributed by atoms with van der Waals surface area (Å²) in [7, 11) is 1.71. The number of benzene rings is 6. The van der Waals surface area contributed by atoms with Crippen LogP contribution >= 0.6 is 0 Å². The topological polar surface area (TPSA) is 100 Å². The first-order chi connectivity index (χ1) is 29.4. The number of hydrogen-bond acceptors (Lipinski definition) is 6. The molecule has 1 aliphatic heterocycles. The van der Waals surface area contributed by atoms with Crippen LogP contribution in [0, 0.1) is 64.2 Å².